The van der Waals surface area contributed by atoms with Gasteiger partial charge in [-0.05, 0) is 25.0 Å². The standard InChI is InChI=1S/C13H15N3O3/c17-10-3-5-15(6-4-10)9-1-2-12-14-11(13(18)19)8-16(12)7-9/h1-2,7-8,10,17H,3-6H2,(H,18,19). The van der Waals surface area contributed by atoms with Gasteiger partial charge >= 0.3 is 5.97 Å². The minimum absolute atomic E-state index is 0.0474. The number of aliphatic hydroxyl groups is 1. The van der Waals surface area contributed by atoms with Gasteiger partial charge in [0, 0.05) is 25.5 Å². The van der Waals surface area contributed by atoms with Crippen molar-refractivity contribution in [3.8, 4) is 0 Å². The number of hydrogen-bond acceptors (Lipinski definition) is 4. The number of fused-ring (bicyclic) bond motifs is 1. The Kier molecular flexibility index (Phi) is 2.87. The number of aliphatic hydroxyl groups excluding tert-OH is 1. The molecule has 2 aromatic heterocycles. The summed E-state index contributed by atoms with van der Waals surface area (Å²) < 4.78 is 1.73. The van der Waals surface area contributed by atoms with Gasteiger partial charge < -0.3 is 19.5 Å². The molecule has 3 heterocycles. The van der Waals surface area contributed by atoms with Crippen LogP contribution in [0.2, 0.25) is 0 Å². The van der Waals surface area contributed by atoms with Gasteiger partial charge in [-0.15, -0.1) is 0 Å². The lowest BCUT2D eigenvalue weighted by atomic mass is 10.1. The van der Waals surface area contributed by atoms with Crippen LogP contribution in [0, 0.1) is 0 Å². The molecule has 0 amide bonds. The Morgan fingerprint density at radius 2 is 2.00 bits per heavy atom. The van der Waals surface area contributed by atoms with Crippen LogP contribution in [0.25, 0.3) is 5.65 Å². The highest BCUT2D eigenvalue weighted by molar-refractivity contribution is 5.86. The zero-order valence-corrected chi connectivity index (χ0v) is 10.4. The van der Waals surface area contributed by atoms with Crippen LogP contribution < -0.4 is 4.90 Å². The molecule has 100 valence electrons. The molecule has 1 aliphatic rings. The molecule has 6 nitrogen and oxygen atoms in total. The molecule has 2 N–H and O–H groups in total. The van der Waals surface area contributed by atoms with Gasteiger partial charge in [-0.25, -0.2) is 9.78 Å². The van der Waals surface area contributed by atoms with E-state index in [1.165, 1.54) is 6.20 Å². The van der Waals surface area contributed by atoms with Crippen LogP contribution in [0.3, 0.4) is 0 Å². The maximum Gasteiger partial charge on any atom is 0.356 e. The smallest absolute Gasteiger partial charge is 0.356 e. The van der Waals surface area contributed by atoms with Crippen LogP contribution in [0.5, 0.6) is 0 Å². The van der Waals surface area contributed by atoms with Gasteiger partial charge in [0.2, 0.25) is 0 Å². The summed E-state index contributed by atoms with van der Waals surface area (Å²) in [5.74, 6) is -1.02. The van der Waals surface area contributed by atoms with E-state index in [1.54, 1.807) is 4.40 Å². The first kappa shape index (κ1) is 12.0. The van der Waals surface area contributed by atoms with E-state index in [2.05, 4.69) is 9.88 Å². The first-order chi connectivity index (χ1) is 9.13. The topological polar surface area (TPSA) is 78.1 Å². The number of aromatic carboxylic acids is 1. The second-order valence-corrected chi connectivity index (χ2v) is 4.80. The Morgan fingerprint density at radius 1 is 1.26 bits per heavy atom. The number of carboxylic acid groups (broad SMARTS) is 1. The maximum atomic E-state index is 10.9. The molecule has 0 aromatic carbocycles. The van der Waals surface area contributed by atoms with Crippen LogP contribution in [0.15, 0.2) is 24.5 Å². The first-order valence-corrected chi connectivity index (χ1v) is 6.28. The quantitative estimate of drug-likeness (QED) is 0.843. The fraction of sp³-hybridized carbons (Fsp3) is 0.385. The second-order valence-electron chi connectivity index (χ2n) is 4.80. The largest absolute Gasteiger partial charge is 0.476 e. The monoisotopic (exact) mass is 261 g/mol. The van der Waals surface area contributed by atoms with Crippen LogP contribution in [-0.4, -0.2) is 44.8 Å². The predicted molar refractivity (Wildman–Crippen MR) is 69.6 cm³/mol. The number of rotatable bonds is 2. The minimum Gasteiger partial charge on any atom is -0.476 e. The summed E-state index contributed by atoms with van der Waals surface area (Å²) in [6.45, 7) is 1.63. The Labute approximate surface area is 109 Å². The van der Waals surface area contributed by atoms with Crippen molar-refractivity contribution in [3.63, 3.8) is 0 Å². The molecular weight excluding hydrogens is 246 g/mol. The molecule has 0 bridgehead atoms. The Bertz CT molecular complexity index is 615. The van der Waals surface area contributed by atoms with Crippen molar-refractivity contribution < 1.29 is 15.0 Å². The van der Waals surface area contributed by atoms with Crippen LogP contribution in [0.1, 0.15) is 23.3 Å². The molecule has 3 rings (SSSR count). The summed E-state index contributed by atoms with van der Waals surface area (Å²) in [6.07, 6.45) is 4.73. The summed E-state index contributed by atoms with van der Waals surface area (Å²) in [7, 11) is 0. The molecule has 1 saturated heterocycles. The fourth-order valence-electron chi connectivity index (χ4n) is 2.39. The molecule has 0 radical (unpaired) electrons. The lowest BCUT2D eigenvalue weighted by molar-refractivity contribution is 0.0691. The van der Waals surface area contributed by atoms with Crippen LogP contribution in [0.4, 0.5) is 5.69 Å². The Morgan fingerprint density at radius 3 is 2.68 bits per heavy atom. The third-order valence-electron chi connectivity index (χ3n) is 3.48. The first-order valence-electron chi connectivity index (χ1n) is 6.28. The highest BCUT2D eigenvalue weighted by atomic mass is 16.4. The van der Waals surface area contributed by atoms with E-state index >= 15 is 0 Å². The third kappa shape index (κ3) is 2.26. The van der Waals surface area contributed by atoms with Crippen molar-refractivity contribution in [2.75, 3.05) is 18.0 Å². The van der Waals surface area contributed by atoms with Gasteiger partial charge in [-0.1, -0.05) is 0 Å². The van der Waals surface area contributed by atoms with Crippen LogP contribution in [-0.2, 0) is 0 Å². The van der Waals surface area contributed by atoms with Crippen molar-refractivity contribution in [1.82, 2.24) is 9.38 Å². The molecule has 0 aliphatic carbocycles. The van der Waals surface area contributed by atoms with E-state index in [0.29, 0.717) is 5.65 Å². The SMILES string of the molecule is O=C(O)c1cn2cc(N3CCC(O)CC3)ccc2n1. The zero-order chi connectivity index (χ0) is 13.4. The number of anilines is 1. The van der Waals surface area contributed by atoms with E-state index in [1.807, 2.05) is 18.3 Å². The normalized spacial score (nSPS) is 17.0. The number of pyridine rings is 1. The van der Waals surface area contributed by atoms with Crippen molar-refractivity contribution in [2.24, 2.45) is 0 Å². The third-order valence-corrected chi connectivity index (χ3v) is 3.48. The Hall–Kier alpha value is -2.08. The molecule has 1 fully saturated rings. The fourth-order valence-corrected chi connectivity index (χ4v) is 2.39. The van der Waals surface area contributed by atoms with E-state index in [9.17, 15) is 9.90 Å². The van der Waals surface area contributed by atoms with E-state index in [0.717, 1.165) is 31.6 Å². The zero-order valence-electron chi connectivity index (χ0n) is 10.4. The molecule has 0 unspecified atom stereocenters. The van der Waals surface area contributed by atoms with Gasteiger partial charge in [0.25, 0.3) is 0 Å². The van der Waals surface area contributed by atoms with Gasteiger partial charge in [0.15, 0.2) is 5.69 Å². The number of aromatic nitrogens is 2. The van der Waals surface area contributed by atoms with Crippen molar-refractivity contribution in [3.05, 3.63) is 30.2 Å². The summed E-state index contributed by atoms with van der Waals surface area (Å²) >= 11 is 0. The van der Waals surface area contributed by atoms with Gasteiger partial charge in [-0.3, -0.25) is 0 Å². The number of imidazole rings is 1. The highest BCUT2D eigenvalue weighted by Crippen LogP contribution is 2.21. The summed E-state index contributed by atoms with van der Waals surface area (Å²) in [5.41, 5.74) is 1.69. The average molecular weight is 261 g/mol. The summed E-state index contributed by atoms with van der Waals surface area (Å²) in [6, 6.07) is 3.75. The molecule has 19 heavy (non-hydrogen) atoms. The van der Waals surface area contributed by atoms with E-state index < -0.39 is 5.97 Å². The Balaban J connectivity index is 1.90. The molecule has 0 saturated carbocycles. The number of hydrogen-bond donors (Lipinski definition) is 2. The predicted octanol–water partition coefficient (Wildman–Crippen LogP) is 0.994. The number of piperidine rings is 1. The van der Waals surface area contributed by atoms with Crippen molar-refractivity contribution >= 4 is 17.3 Å². The average Bonchev–Trinajstić information content (AvgIpc) is 2.82. The molecule has 0 spiro atoms. The molecule has 1 aliphatic heterocycles. The van der Waals surface area contributed by atoms with Gasteiger partial charge in [-0.2, -0.15) is 0 Å². The van der Waals surface area contributed by atoms with Crippen LogP contribution >= 0.6 is 0 Å². The highest BCUT2D eigenvalue weighted by Gasteiger charge is 2.18. The summed E-state index contributed by atoms with van der Waals surface area (Å²) in [5, 5.41) is 18.4. The summed E-state index contributed by atoms with van der Waals surface area (Å²) in [4.78, 5) is 17.1. The lowest BCUT2D eigenvalue weighted by Crippen LogP contribution is -2.35. The number of carbonyl (C=O) groups is 1. The van der Waals surface area contributed by atoms with Crippen molar-refractivity contribution in [1.29, 1.82) is 0 Å². The van der Waals surface area contributed by atoms with Crippen molar-refractivity contribution in [2.45, 2.75) is 18.9 Å². The molecular formula is C13H15N3O3. The molecule has 0 atom stereocenters. The number of nitrogens with zero attached hydrogens (tertiary/aromatic N) is 3. The maximum absolute atomic E-state index is 10.9. The lowest BCUT2D eigenvalue weighted by Gasteiger charge is -2.31. The minimum atomic E-state index is -1.02. The molecule has 6 heteroatoms. The molecule has 2 aromatic rings. The van der Waals surface area contributed by atoms with E-state index in [4.69, 9.17) is 5.11 Å². The number of carboxylic acids is 1. The van der Waals surface area contributed by atoms with Gasteiger partial charge in [0.1, 0.15) is 5.65 Å². The second kappa shape index (κ2) is 4.55. The van der Waals surface area contributed by atoms with E-state index in [-0.39, 0.29) is 11.8 Å². The van der Waals surface area contributed by atoms with Gasteiger partial charge in [0.05, 0.1) is 11.8 Å².